The smallest absolute Gasteiger partial charge is 0.251 e. The van der Waals surface area contributed by atoms with Gasteiger partial charge in [0.2, 0.25) is 0 Å². The van der Waals surface area contributed by atoms with Crippen molar-refractivity contribution < 1.29 is 4.79 Å². The highest BCUT2D eigenvalue weighted by Gasteiger charge is 2.03. The Bertz CT molecular complexity index is 584. The quantitative estimate of drug-likeness (QED) is 0.792. The van der Waals surface area contributed by atoms with Gasteiger partial charge in [-0.05, 0) is 36.4 Å². The largest absolute Gasteiger partial charge is 0.379 e. The molecule has 0 bridgehead atoms. The summed E-state index contributed by atoms with van der Waals surface area (Å²) in [6, 6.07) is 11.5. The summed E-state index contributed by atoms with van der Waals surface area (Å²) in [5.74, 6) is -0.0844. The molecule has 104 valence electrons. The first-order valence-corrected chi connectivity index (χ1v) is 6.54. The van der Waals surface area contributed by atoms with Gasteiger partial charge in [-0.25, -0.2) is 0 Å². The number of aromatic nitrogens is 1. The molecule has 0 aliphatic heterocycles. The molecule has 1 amide bonds. The van der Waals surface area contributed by atoms with Crippen molar-refractivity contribution >= 4 is 11.6 Å². The Kier molecular flexibility index (Phi) is 4.60. The van der Waals surface area contributed by atoms with E-state index in [1.54, 1.807) is 6.08 Å². The van der Waals surface area contributed by atoms with Gasteiger partial charge in [0.25, 0.3) is 5.91 Å². The maximum atomic E-state index is 11.7. The summed E-state index contributed by atoms with van der Waals surface area (Å²) in [7, 11) is 2.02. The van der Waals surface area contributed by atoms with Crippen LogP contribution in [0.25, 0.3) is 0 Å². The van der Waals surface area contributed by atoms with Crippen molar-refractivity contribution in [1.82, 2.24) is 9.88 Å². The fourth-order valence-electron chi connectivity index (χ4n) is 1.88. The molecule has 2 rings (SSSR count). The van der Waals surface area contributed by atoms with Crippen LogP contribution in [0.5, 0.6) is 0 Å². The molecule has 0 radical (unpaired) electrons. The number of anilines is 1. The molecule has 0 spiro atoms. The van der Waals surface area contributed by atoms with Crippen molar-refractivity contribution in [2.45, 2.75) is 6.54 Å². The Morgan fingerprint density at radius 2 is 2.05 bits per heavy atom. The van der Waals surface area contributed by atoms with E-state index in [0.29, 0.717) is 12.1 Å². The minimum absolute atomic E-state index is 0.0844. The lowest BCUT2D eigenvalue weighted by molar-refractivity contribution is 0.0958. The third-order valence-corrected chi connectivity index (χ3v) is 3.08. The molecule has 1 heterocycles. The lowest BCUT2D eigenvalue weighted by atomic mass is 10.2. The van der Waals surface area contributed by atoms with E-state index in [4.69, 9.17) is 0 Å². The molecule has 0 saturated carbocycles. The van der Waals surface area contributed by atoms with Crippen molar-refractivity contribution in [2.24, 2.45) is 7.05 Å². The number of hydrogen-bond acceptors (Lipinski definition) is 2. The van der Waals surface area contributed by atoms with Crippen LogP contribution in [0.2, 0.25) is 0 Å². The Morgan fingerprint density at radius 1 is 1.30 bits per heavy atom. The molecule has 4 nitrogen and oxygen atoms in total. The SMILES string of the molecule is C=CCNC(=O)c1ccc(NCc2cccn2C)cc1. The van der Waals surface area contributed by atoms with Crippen LogP contribution in [0.1, 0.15) is 16.1 Å². The maximum absolute atomic E-state index is 11.7. The van der Waals surface area contributed by atoms with Gasteiger partial charge in [-0.1, -0.05) is 6.08 Å². The van der Waals surface area contributed by atoms with Crippen LogP contribution in [-0.4, -0.2) is 17.0 Å². The summed E-state index contributed by atoms with van der Waals surface area (Å²) in [4.78, 5) is 11.7. The molecule has 1 aromatic heterocycles. The second kappa shape index (κ2) is 6.61. The fraction of sp³-hybridized carbons (Fsp3) is 0.188. The minimum Gasteiger partial charge on any atom is -0.379 e. The summed E-state index contributed by atoms with van der Waals surface area (Å²) in [6.07, 6.45) is 3.68. The van der Waals surface area contributed by atoms with Gasteiger partial charge >= 0.3 is 0 Å². The van der Waals surface area contributed by atoms with Gasteiger partial charge in [0, 0.05) is 36.7 Å². The first kappa shape index (κ1) is 13.9. The third kappa shape index (κ3) is 3.51. The predicted molar refractivity (Wildman–Crippen MR) is 81.7 cm³/mol. The van der Waals surface area contributed by atoms with Crippen molar-refractivity contribution in [3.05, 3.63) is 66.5 Å². The van der Waals surface area contributed by atoms with Crippen molar-refractivity contribution in [3.63, 3.8) is 0 Å². The molecular formula is C16H19N3O. The number of carbonyl (C=O) groups is 1. The zero-order valence-electron chi connectivity index (χ0n) is 11.6. The number of hydrogen-bond donors (Lipinski definition) is 2. The number of nitrogens with one attached hydrogen (secondary N) is 2. The standard InChI is InChI=1S/C16H19N3O/c1-3-10-17-16(20)13-6-8-14(9-7-13)18-12-15-5-4-11-19(15)2/h3-9,11,18H,1,10,12H2,2H3,(H,17,20). The number of benzene rings is 1. The molecule has 0 aliphatic carbocycles. The van der Waals surface area contributed by atoms with E-state index in [9.17, 15) is 4.79 Å². The van der Waals surface area contributed by atoms with Crippen LogP contribution in [0, 0.1) is 0 Å². The lowest BCUT2D eigenvalue weighted by Crippen LogP contribution is -2.23. The van der Waals surface area contributed by atoms with Crippen LogP contribution >= 0.6 is 0 Å². The van der Waals surface area contributed by atoms with Crippen molar-refractivity contribution in [3.8, 4) is 0 Å². The summed E-state index contributed by atoms with van der Waals surface area (Å²) >= 11 is 0. The zero-order chi connectivity index (χ0) is 14.4. The molecule has 0 aliphatic rings. The van der Waals surface area contributed by atoms with Crippen LogP contribution in [0.3, 0.4) is 0 Å². The van der Waals surface area contributed by atoms with E-state index < -0.39 is 0 Å². The van der Waals surface area contributed by atoms with Gasteiger partial charge in [-0.2, -0.15) is 0 Å². The Hall–Kier alpha value is -2.49. The zero-order valence-corrected chi connectivity index (χ0v) is 11.6. The highest BCUT2D eigenvalue weighted by Crippen LogP contribution is 2.11. The van der Waals surface area contributed by atoms with E-state index in [1.807, 2.05) is 43.6 Å². The highest BCUT2D eigenvalue weighted by atomic mass is 16.1. The molecule has 0 fully saturated rings. The molecule has 0 atom stereocenters. The molecule has 1 aromatic carbocycles. The number of rotatable bonds is 6. The molecule has 2 N–H and O–H groups in total. The summed E-state index contributed by atoms with van der Waals surface area (Å²) in [5.41, 5.74) is 2.85. The van der Waals surface area contributed by atoms with Crippen LogP contribution in [0.4, 0.5) is 5.69 Å². The molecule has 20 heavy (non-hydrogen) atoms. The number of aryl methyl sites for hydroxylation is 1. The van der Waals surface area contributed by atoms with Gasteiger partial charge in [-0.15, -0.1) is 6.58 Å². The van der Waals surface area contributed by atoms with E-state index in [-0.39, 0.29) is 5.91 Å². The highest BCUT2D eigenvalue weighted by molar-refractivity contribution is 5.94. The molecule has 0 unspecified atom stereocenters. The number of carbonyl (C=O) groups excluding carboxylic acids is 1. The predicted octanol–water partition coefficient (Wildman–Crippen LogP) is 2.55. The van der Waals surface area contributed by atoms with E-state index >= 15 is 0 Å². The molecule has 2 aromatic rings. The van der Waals surface area contributed by atoms with Crippen LogP contribution in [-0.2, 0) is 13.6 Å². The van der Waals surface area contributed by atoms with Gasteiger partial charge in [0.1, 0.15) is 0 Å². The summed E-state index contributed by atoms with van der Waals surface area (Å²) < 4.78 is 2.07. The van der Waals surface area contributed by atoms with E-state index in [2.05, 4.69) is 27.8 Å². The average molecular weight is 269 g/mol. The maximum Gasteiger partial charge on any atom is 0.251 e. The Labute approximate surface area is 119 Å². The van der Waals surface area contributed by atoms with E-state index in [1.165, 1.54) is 5.69 Å². The summed E-state index contributed by atoms with van der Waals surface area (Å²) in [6.45, 7) is 4.80. The first-order chi connectivity index (χ1) is 9.70. The fourth-order valence-corrected chi connectivity index (χ4v) is 1.88. The van der Waals surface area contributed by atoms with E-state index in [0.717, 1.165) is 12.2 Å². The third-order valence-electron chi connectivity index (χ3n) is 3.08. The first-order valence-electron chi connectivity index (χ1n) is 6.54. The average Bonchev–Trinajstić information content (AvgIpc) is 2.88. The second-order valence-corrected chi connectivity index (χ2v) is 4.54. The normalized spacial score (nSPS) is 10.1. The van der Waals surface area contributed by atoms with Gasteiger partial charge in [0.15, 0.2) is 0 Å². The van der Waals surface area contributed by atoms with Gasteiger partial charge in [-0.3, -0.25) is 4.79 Å². The Balaban J connectivity index is 1.93. The van der Waals surface area contributed by atoms with Crippen LogP contribution < -0.4 is 10.6 Å². The minimum atomic E-state index is -0.0844. The number of nitrogens with zero attached hydrogens (tertiary/aromatic N) is 1. The molecule has 0 saturated heterocycles. The number of amides is 1. The van der Waals surface area contributed by atoms with Crippen molar-refractivity contribution in [2.75, 3.05) is 11.9 Å². The lowest BCUT2D eigenvalue weighted by Gasteiger charge is -2.08. The van der Waals surface area contributed by atoms with Gasteiger partial charge < -0.3 is 15.2 Å². The molecule has 4 heteroatoms. The Morgan fingerprint density at radius 3 is 2.65 bits per heavy atom. The topological polar surface area (TPSA) is 46.1 Å². The summed E-state index contributed by atoms with van der Waals surface area (Å²) in [5, 5.41) is 6.08. The monoisotopic (exact) mass is 269 g/mol. The van der Waals surface area contributed by atoms with Crippen molar-refractivity contribution in [1.29, 1.82) is 0 Å². The molecular weight excluding hydrogens is 250 g/mol. The second-order valence-electron chi connectivity index (χ2n) is 4.54. The van der Waals surface area contributed by atoms with Crippen LogP contribution in [0.15, 0.2) is 55.3 Å². The van der Waals surface area contributed by atoms with Gasteiger partial charge in [0.05, 0.1) is 6.54 Å².